The molecule has 0 saturated heterocycles. The van der Waals surface area contributed by atoms with Gasteiger partial charge in [-0.2, -0.15) is 0 Å². The summed E-state index contributed by atoms with van der Waals surface area (Å²) in [7, 11) is 1.57. The number of anilines is 1. The molecule has 168 valence electrons. The zero-order chi connectivity index (χ0) is 23.1. The van der Waals surface area contributed by atoms with Gasteiger partial charge in [0.15, 0.2) is 0 Å². The van der Waals surface area contributed by atoms with Crippen molar-refractivity contribution in [1.29, 1.82) is 0 Å². The van der Waals surface area contributed by atoms with E-state index in [-0.39, 0.29) is 17.5 Å². The minimum absolute atomic E-state index is 0.263. The topological polar surface area (TPSA) is 54.3 Å². The molecular formula is C26H21BrF2N2O2. The molecule has 1 aliphatic carbocycles. The summed E-state index contributed by atoms with van der Waals surface area (Å²) in [6, 6.07) is 14.8. The van der Waals surface area contributed by atoms with Gasteiger partial charge in [0, 0.05) is 36.3 Å². The lowest BCUT2D eigenvalue weighted by atomic mass is 10.0. The second kappa shape index (κ2) is 8.63. The molecule has 1 aromatic heterocycles. The highest BCUT2D eigenvalue weighted by Gasteiger charge is 2.29. The van der Waals surface area contributed by atoms with Crippen molar-refractivity contribution in [3.63, 3.8) is 0 Å². The number of rotatable bonds is 6. The minimum atomic E-state index is -0.358. The molecule has 4 aromatic rings. The summed E-state index contributed by atoms with van der Waals surface area (Å²) in [5.41, 5.74) is 4.44. The van der Waals surface area contributed by atoms with Gasteiger partial charge in [-0.3, -0.25) is 4.79 Å². The van der Waals surface area contributed by atoms with Crippen LogP contribution in [0.15, 0.2) is 63.5 Å². The molecule has 0 atom stereocenters. The molecule has 1 saturated carbocycles. The van der Waals surface area contributed by atoms with Crippen LogP contribution in [-0.4, -0.2) is 13.0 Å². The third kappa shape index (κ3) is 4.25. The average molecular weight is 511 g/mol. The van der Waals surface area contributed by atoms with E-state index in [0.717, 1.165) is 35.0 Å². The smallest absolute Gasteiger partial charge is 0.255 e. The van der Waals surface area contributed by atoms with E-state index in [1.807, 2.05) is 18.2 Å². The summed E-state index contributed by atoms with van der Waals surface area (Å²) in [6.45, 7) is 0.448. The maximum atomic E-state index is 13.9. The summed E-state index contributed by atoms with van der Waals surface area (Å²) in [4.78, 5) is 12.8. The van der Waals surface area contributed by atoms with Crippen LogP contribution in [0.3, 0.4) is 0 Å². The SMILES string of the molecule is CNC(=O)c1c(-c2ccc(F)cc2)oc2cc(NCc3ccc(Br)c(F)c3)c(C3CC3)cc12. The summed E-state index contributed by atoms with van der Waals surface area (Å²) >= 11 is 3.18. The molecule has 5 rings (SSSR count). The highest BCUT2D eigenvalue weighted by Crippen LogP contribution is 2.46. The molecule has 2 N–H and O–H groups in total. The summed E-state index contributed by atoms with van der Waals surface area (Å²) in [5.74, 6) is -0.125. The lowest BCUT2D eigenvalue weighted by Crippen LogP contribution is -2.18. The average Bonchev–Trinajstić information content (AvgIpc) is 3.59. The van der Waals surface area contributed by atoms with Crippen molar-refractivity contribution in [2.24, 2.45) is 0 Å². The lowest BCUT2D eigenvalue weighted by molar-refractivity contribution is 0.0964. The van der Waals surface area contributed by atoms with E-state index in [2.05, 4.69) is 26.6 Å². The van der Waals surface area contributed by atoms with E-state index in [1.165, 1.54) is 18.2 Å². The molecular weight excluding hydrogens is 490 g/mol. The van der Waals surface area contributed by atoms with Crippen molar-refractivity contribution in [2.45, 2.75) is 25.3 Å². The fourth-order valence-corrected chi connectivity index (χ4v) is 4.29. The first-order valence-corrected chi connectivity index (χ1v) is 11.5. The van der Waals surface area contributed by atoms with Gasteiger partial charge in [0.2, 0.25) is 0 Å². The third-order valence-corrected chi connectivity index (χ3v) is 6.55. The first-order chi connectivity index (χ1) is 15.9. The van der Waals surface area contributed by atoms with Crippen molar-refractivity contribution < 1.29 is 18.0 Å². The summed E-state index contributed by atoms with van der Waals surface area (Å²) < 4.78 is 34.0. The number of halogens is 3. The van der Waals surface area contributed by atoms with Crippen LogP contribution < -0.4 is 10.6 Å². The standard InChI is InChI=1S/C26H21BrF2N2O2/c1-30-26(32)24-19-11-18(15-3-4-15)22(31-13-14-2-9-20(27)21(29)10-14)12-23(19)33-25(24)16-5-7-17(28)8-6-16/h2,5-12,15,31H,3-4,13H2,1H3,(H,30,32). The van der Waals surface area contributed by atoms with E-state index in [9.17, 15) is 13.6 Å². The van der Waals surface area contributed by atoms with Gasteiger partial charge in [0.05, 0.1) is 10.0 Å². The second-order valence-corrected chi connectivity index (χ2v) is 9.06. The number of fused-ring (bicyclic) bond motifs is 1. The normalized spacial score (nSPS) is 13.3. The van der Waals surface area contributed by atoms with Gasteiger partial charge in [-0.25, -0.2) is 8.78 Å². The van der Waals surface area contributed by atoms with Crippen molar-refractivity contribution >= 4 is 38.5 Å². The molecule has 1 amide bonds. The van der Waals surface area contributed by atoms with Gasteiger partial charge >= 0.3 is 0 Å². The Labute approximate surface area is 198 Å². The van der Waals surface area contributed by atoms with Crippen LogP contribution in [0.5, 0.6) is 0 Å². The Morgan fingerprint density at radius 3 is 2.52 bits per heavy atom. The fourth-order valence-electron chi connectivity index (χ4n) is 4.05. The van der Waals surface area contributed by atoms with Crippen molar-refractivity contribution in [1.82, 2.24) is 5.32 Å². The van der Waals surface area contributed by atoms with Crippen molar-refractivity contribution in [3.05, 3.63) is 87.4 Å². The zero-order valence-electron chi connectivity index (χ0n) is 17.8. The molecule has 1 fully saturated rings. The van der Waals surface area contributed by atoms with E-state index in [1.54, 1.807) is 25.2 Å². The van der Waals surface area contributed by atoms with Crippen LogP contribution in [0, 0.1) is 11.6 Å². The lowest BCUT2D eigenvalue weighted by Gasteiger charge is -2.13. The van der Waals surface area contributed by atoms with E-state index < -0.39 is 0 Å². The number of carbonyl (C=O) groups excluding carboxylic acids is 1. The number of nitrogens with one attached hydrogen (secondary N) is 2. The molecule has 1 heterocycles. The number of furan rings is 1. The van der Waals surface area contributed by atoms with Crippen LogP contribution in [0.1, 0.15) is 40.2 Å². The molecule has 0 radical (unpaired) electrons. The van der Waals surface area contributed by atoms with Crippen molar-refractivity contribution in [3.8, 4) is 11.3 Å². The van der Waals surface area contributed by atoms with Gasteiger partial charge in [0.1, 0.15) is 23.0 Å². The Kier molecular flexibility index (Phi) is 5.66. The highest BCUT2D eigenvalue weighted by atomic mass is 79.9. The Hall–Kier alpha value is -3.19. The number of amides is 1. The Morgan fingerprint density at radius 2 is 1.85 bits per heavy atom. The minimum Gasteiger partial charge on any atom is -0.455 e. The second-order valence-electron chi connectivity index (χ2n) is 8.20. The van der Waals surface area contributed by atoms with E-state index in [0.29, 0.717) is 39.4 Å². The van der Waals surface area contributed by atoms with E-state index in [4.69, 9.17) is 4.42 Å². The first-order valence-electron chi connectivity index (χ1n) is 10.7. The highest BCUT2D eigenvalue weighted by molar-refractivity contribution is 9.10. The molecule has 1 aliphatic rings. The molecule has 4 nitrogen and oxygen atoms in total. The maximum absolute atomic E-state index is 13.9. The van der Waals surface area contributed by atoms with Gasteiger partial charge in [0.25, 0.3) is 5.91 Å². The zero-order valence-corrected chi connectivity index (χ0v) is 19.4. The van der Waals surface area contributed by atoms with Crippen LogP contribution in [-0.2, 0) is 6.54 Å². The first kappa shape index (κ1) is 21.6. The Morgan fingerprint density at radius 1 is 1.09 bits per heavy atom. The number of benzene rings is 3. The van der Waals surface area contributed by atoms with E-state index >= 15 is 0 Å². The van der Waals surface area contributed by atoms with Crippen LogP contribution >= 0.6 is 15.9 Å². The number of hydrogen-bond acceptors (Lipinski definition) is 3. The quantitative estimate of drug-likeness (QED) is 0.294. The molecule has 0 spiro atoms. The number of carbonyl (C=O) groups is 1. The summed E-state index contributed by atoms with van der Waals surface area (Å²) in [5, 5.41) is 6.82. The molecule has 0 bridgehead atoms. The predicted molar refractivity (Wildman–Crippen MR) is 128 cm³/mol. The van der Waals surface area contributed by atoms with Gasteiger partial charge in [-0.05, 0) is 88.3 Å². The molecule has 7 heteroatoms. The van der Waals surface area contributed by atoms with Gasteiger partial charge in [-0.1, -0.05) is 6.07 Å². The maximum Gasteiger partial charge on any atom is 0.255 e. The Bertz CT molecular complexity index is 1360. The van der Waals surface area contributed by atoms with Crippen LogP contribution in [0.4, 0.5) is 14.5 Å². The largest absolute Gasteiger partial charge is 0.455 e. The predicted octanol–water partition coefficient (Wildman–Crippen LogP) is 6.99. The molecule has 0 aliphatic heterocycles. The fraction of sp³-hybridized carbons (Fsp3) is 0.192. The van der Waals surface area contributed by atoms with Crippen molar-refractivity contribution in [2.75, 3.05) is 12.4 Å². The van der Waals surface area contributed by atoms with Gasteiger partial charge < -0.3 is 15.1 Å². The third-order valence-electron chi connectivity index (χ3n) is 5.90. The van der Waals surface area contributed by atoms with Crippen LogP contribution in [0.2, 0.25) is 0 Å². The monoisotopic (exact) mass is 510 g/mol. The number of hydrogen-bond donors (Lipinski definition) is 2. The Balaban J connectivity index is 1.59. The van der Waals surface area contributed by atoms with Gasteiger partial charge in [-0.15, -0.1) is 0 Å². The summed E-state index contributed by atoms with van der Waals surface area (Å²) in [6.07, 6.45) is 2.15. The van der Waals surface area contributed by atoms with Crippen LogP contribution in [0.25, 0.3) is 22.3 Å². The molecule has 0 unspecified atom stereocenters. The molecule has 3 aromatic carbocycles. The molecule has 33 heavy (non-hydrogen) atoms.